The first-order chi connectivity index (χ1) is 9.72. The fraction of sp³-hybridized carbons (Fsp3) is 0.750. The number of nitrogens with zero attached hydrogens (tertiary/aromatic N) is 2. The van der Waals surface area contributed by atoms with Crippen LogP contribution < -0.4 is 0 Å². The summed E-state index contributed by atoms with van der Waals surface area (Å²) in [6, 6.07) is 0. The minimum atomic E-state index is -4.90. The summed E-state index contributed by atoms with van der Waals surface area (Å²) < 4.78 is 72.3. The average Bonchev–Trinajstić information content (AvgIpc) is 2.86. The van der Waals surface area contributed by atoms with Crippen LogP contribution in [0, 0.1) is 0 Å². The van der Waals surface area contributed by atoms with Crippen LogP contribution in [0.2, 0.25) is 0 Å². The molecule has 1 aromatic heterocycles. The van der Waals surface area contributed by atoms with Crippen LogP contribution in [0.15, 0.2) is 0 Å². The van der Waals surface area contributed by atoms with Gasteiger partial charge in [-0.25, -0.2) is 13.5 Å². The van der Waals surface area contributed by atoms with Crippen LogP contribution in [0.3, 0.4) is 0 Å². The van der Waals surface area contributed by atoms with E-state index in [4.69, 9.17) is 4.74 Å². The maximum atomic E-state index is 13.6. The molecule has 2 heterocycles. The molecule has 1 aromatic rings. The van der Waals surface area contributed by atoms with Gasteiger partial charge in [0.15, 0.2) is 5.69 Å². The van der Waals surface area contributed by atoms with Gasteiger partial charge in [-0.2, -0.15) is 18.3 Å². The highest BCUT2D eigenvalue weighted by Gasteiger charge is 2.55. The van der Waals surface area contributed by atoms with Gasteiger partial charge in [0.1, 0.15) is 12.3 Å². The average molecular weight is 312 g/mol. The lowest BCUT2D eigenvalue weighted by Crippen LogP contribution is -2.26. The molecule has 1 saturated heterocycles. The lowest BCUT2D eigenvalue weighted by atomic mass is 10.1. The highest BCUT2D eigenvalue weighted by molar-refractivity contribution is 5.38. The standard InChI is InChI=1S/C12H13F5N2O2/c13-11(14)5-6-8(10(11)20)9(12(15,16)17)18-19(6)7-3-1-2-4-21-7/h7,10,20H,1-5H2/t7?,10-/m0/s1. The van der Waals surface area contributed by atoms with E-state index in [1.54, 1.807) is 0 Å². The molecule has 0 radical (unpaired) electrons. The second-order valence-electron chi connectivity index (χ2n) is 5.31. The predicted molar refractivity (Wildman–Crippen MR) is 59.7 cm³/mol. The molecule has 21 heavy (non-hydrogen) atoms. The number of aliphatic hydroxyl groups excluding tert-OH is 1. The Hall–Kier alpha value is -1.22. The number of fused-ring (bicyclic) bond motifs is 1. The van der Waals surface area contributed by atoms with Gasteiger partial charge in [-0.05, 0) is 19.3 Å². The van der Waals surface area contributed by atoms with Crippen molar-refractivity contribution in [3.8, 4) is 0 Å². The van der Waals surface area contributed by atoms with Crippen LogP contribution in [-0.4, -0.2) is 27.4 Å². The third-order valence-electron chi connectivity index (χ3n) is 3.82. The summed E-state index contributed by atoms with van der Waals surface area (Å²) in [6.45, 7) is 0.347. The van der Waals surface area contributed by atoms with Crippen LogP contribution in [0.5, 0.6) is 0 Å². The quantitative estimate of drug-likeness (QED) is 0.811. The minimum absolute atomic E-state index is 0.285. The molecule has 0 saturated carbocycles. The Morgan fingerprint density at radius 1 is 1.29 bits per heavy atom. The van der Waals surface area contributed by atoms with E-state index in [0.29, 0.717) is 13.0 Å². The van der Waals surface area contributed by atoms with Crippen molar-refractivity contribution in [1.29, 1.82) is 0 Å². The molecule has 1 unspecified atom stereocenters. The topological polar surface area (TPSA) is 47.3 Å². The second-order valence-corrected chi connectivity index (χ2v) is 5.31. The molecule has 4 nitrogen and oxygen atoms in total. The van der Waals surface area contributed by atoms with Gasteiger partial charge >= 0.3 is 6.18 Å². The summed E-state index contributed by atoms with van der Waals surface area (Å²) in [5, 5.41) is 12.9. The smallest absolute Gasteiger partial charge is 0.382 e. The van der Waals surface area contributed by atoms with Crippen molar-refractivity contribution in [2.45, 2.75) is 50.1 Å². The number of aromatic nitrogens is 2. The molecule has 1 fully saturated rings. The molecule has 0 amide bonds. The molecule has 9 heteroatoms. The van der Waals surface area contributed by atoms with Crippen molar-refractivity contribution in [2.75, 3.05) is 6.61 Å². The van der Waals surface area contributed by atoms with Crippen LogP contribution in [-0.2, 0) is 17.3 Å². The summed E-state index contributed by atoms with van der Waals surface area (Å²) in [7, 11) is 0. The van der Waals surface area contributed by atoms with Crippen molar-refractivity contribution < 1.29 is 31.8 Å². The molecule has 1 N–H and O–H groups in total. The van der Waals surface area contributed by atoms with Gasteiger partial charge < -0.3 is 9.84 Å². The summed E-state index contributed by atoms with van der Waals surface area (Å²) in [4.78, 5) is 0. The fourth-order valence-electron chi connectivity index (χ4n) is 2.84. The Bertz CT molecular complexity index is 549. The van der Waals surface area contributed by atoms with Crippen molar-refractivity contribution in [3.63, 3.8) is 0 Å². The first kappa shape index (κ1) is 14.7. The maximum absolute atomic E-state index is 13.6. The Kier molecular flexibility index (Phi) is 3.25. The van der Waals surface area contributed by atoms with Gasteiger partial charge in [0, 0.05) is 12.2 Å². The Balaban J connectivity index is 2.09. The predicted octanol–water partition coefficient (Wildman–Crippen LogP) is 2.83. The van der Waals surface area contributed by atoms with Crippen molar-refractivity contribution in [3.05, 3.63) is 17.0 Å². The lowest BCUT2D eigenvalue weighted by Gasteiger charge is -2.24. The van der Waals surface area contributed by atoms with E-state index in [1.807, 2.05) is 0 Å². The zero-order valence-electron chi connectivity index (χ0n) is 10.8. The van der Waals surface area contributed by atoms with Crippen LogP contribution in [0.4, 0.5) is 22.0 Å². The van der Waals surface area contributed by atoms with Crippen molar-refractivity contribution in [1.82, 2.24) is 9.78 Å². The van der Waals surface area contributed by atoms with E-state index in [1.165, 1.54) is 0 Å². The number of rotatable bonds is 1. The Labute approximate surface area is 116 Å². The van der Waals surface area contributed by atoms with Crippen LogP contribution >= 0.6 is 0 Å². The number of aliphatic hydroxyl groups is 1. The highest BCUT2D eigenvalue weighted by Crippen LogP contribution is 2.49. The van der Waals surface area contributed by atoms with Gasteiger partial charge in [-0.1, -0.05) is 0 Å². The van der Waals surface area contributed by atoms with E-state index in [2.05, 4.69) is 5.10 Å². The summed E-state index contributed by atoms with van der Waals surface area (Å²) in [6.07, 6.45) is -7.23. The van der Waals surface area contributed by atoms with Gasteiger partial charge in [-0.3, -0.25) is 0 Å². The van der Waals surface area contributed by atoms with Crippen LogP contribution in [0.1, 0.15) is 48.5 Å². The molecule has 2 atom stereocenters. The third-order valence-corrected chi connectivity index (χ3v) is 3.82. The van der Waals surface area contributed by atoms with E-state index in [0.717, 1.165) is 17.5 Å². The summed E-state index contributed by atoms with van der Waals surface area (Å²) in [5.74, 6) is -3.62. The summed E-state index contributed by atoms with van der Waals surface area (Å²) >= 11 is 0. The molecule has 0 spiro atoms. The van der Waals surface area contributed by atoms with E-state index < -0.39 is 42.1 Å². The third kappa shape index (κ3) is 2.32. The number of ether oxygens (including phenoxy) is 1. The molecule has 118 valence electrons. The largest absolute Gasteiger partial charge is 0.435 e. The number of alkyl halides is 5. The lowest BCUT2D eigenvalue weighted by molar-refractivity contribution is -0.147. The Morgan fingerprint density at radius 2 is 2.00 bits per heavy atom. The van der Waals surface area contributed by atoms with Gasteiger partial charge in [0.2, 0.25) is 0 Å². The fourth-order valence-corrected chi connectivity index (χ4v) is 2.84. The molecule has 3 rings (SSSR count). The molecular weight excluding hydrogens is 299 g/mol. The molecular formula is C12H13F5N2O2. The summed E-state index contributed by atoms with van der Waals surface area (Å²) in [5.41, 5.74) is -2.55. The highest BCUT2D eigenvalue weighted by atomic mass is 19.4. The number of hydrogen-bond donors (Lipinski definition) is 1. The van der Waals surface area contributed by atoms with E-state index in [9.17, 15) is 27.1 Å². The van der Waals surface area contributed by atoms with Crippen LogP contribution in [0.25, 0.3) is 0 Å². The van der Waals surface area contributed by atoms with Gasteiger partial charge in [0.05, 0.1) is 12.1 Å². The van der Waals surface area contributed by atoms with Gasteiger partial charge in [-0.15, -0.1) is 0 Å². The SMILES string of the molecule is O[C@H]1c2c(C(F)(F)F)nn(C3CCCCO3)c2CC1(F)F. The first-order valence-corrected chi connectivity index (χ1v) is 6.58. The zero-order valence-corrected chi connectivity index (χ0v) is 10.8. The number of hydrogen-bond acceptors (Lipinski definition) is 3. The molecule has 0 bridgehead atoms. The maximum Gasteiger partial charge on any atom is 0.435 e. The van der Waals surface area contributed by atoms with Crippen molar-refractivity contribution in [2.24, 2.45) is 0 Å². The monoisotopic (exact) mass is 312 g/mol. The number of halogens is 5. The Morgan fingerprint density at radius 3 is 2.57 bits per heavy atom. The minimum Gasteiger partial charge on any atom is -0.382 e. The molecule has 1 aliphatic carbocycles. The van der Waals surface area contributed by atoms with Crippen molar-refractivity contribution >= 4 is 0 Å². The normalized spacial score (nSPS) is 28.7. The molecule has 0 aromatic carbocycles. The van der Waals surface area contributed by atoms with E-state index in [-0.39, 0.29) is 5.69 Å². The molecule has 1 aliphatic heterocycles. The van der Waals surface area contributed by atoms with Gasteiger partial charge in [0.25, 0.3) is 5.92 Å². The molecule has 2 aliphatic rings. The first-order valence-electron chi connectivity index (χ1n) is 6.58. The second kappa shape index (κ2) is 4.64. The zero-order chi connectivity index (χ0) is 15.4. The van der Waals surface area contributed by atoms with E-state index >= 15 is 0 Å².